The quantitative estimate of drug-likeness (QED) is 0.628. The summed E-state index contributed by atoms with van der Waals surface area (Å²) in [5.74, 6) is -0.310. The lowest BCUT2D eigenvalue weighted by Gasteiger charge is -2.28. The van der Waals surface area contributed by atoms with Crippen molar-refractivity contribution in [1.82, 2.24) is 4.90 Å². The topological polar surface area (TPSA) is 73.6 Å². The van der Waals surface area contributed by atoms with E-state index in [2.05, 4.69) is 6.19 Å². The third kappa shape index (κ3) is 3.24. The SMILES string of the molecule is CC(C)(C)OC(=O)C1CCC(CC2(CO)CC2)N1C#N. The van der Waals surface area contributed by atoms with Crippen molar-refractivity contribution in [1.29, 1.82) is 5.26 Å². The van der Waals surface area contributed by atoms with E-state index in [0.717, 1.165) is 25.7 Å². The van der Waals surface area contributed by atoms with Gasteiger partial charge in [-0.2, -0.15) is 5.26 Å². The van der Waals surface area contributed by atoms with Crippen LogP contribution in [0.3, 0.4) is 0 Å². The van der Waals surface area contributed by atoms with Crippen LogP contribution in [0.4, 0.5) is 0 Å². The zero-order chi connectivity index (χ0) is 15.0. The summed E-state index contributed by atoms with van der Waals surface area (Å²) in [6.07, 6.45) is 6.49. The van der Waals surface area contributed by atoms with Crippen LogP contribution in [0.5, 0.6) is 0 Å². The second-order valence-corrected chi connectivity index (χ2v) is 7.15. The van der Waals surface area contributed by atoms with Crippen molar-refractivity contribution in [2.75, 3.05) is 6.61 Å². The Morgan fingerprint density at radius 1 is 1.45 bits per heavy atom. The Hall–Kier alpha value is -1.28. The first kappa shape index (κ1) is 15.1. The molecule has 0 spiro atoms. The minimum absolute atomic E-state index is 0.00257. The van der Waals surface area contributed by atoms with Gasteiger partial charge < -0.3 is 9.84 Å². The number of carbonyl (C=O) groups excluding carboxylic acids is 1. The van der Waals surface area contributed by atoms with Crippen molar-refractivity contribution in [3.05, 3.63) is 0 Å². The minimum atomic E-state index is -0.529. The Bertz CT molecular complexity index is 418. The van der Waals surface area contributed by atoms with Crippen LogP contribution < -0.4 is 0 Å². The molecule has 1 N–H and O–H groups in total. The molecule has 112 valence electrons. The molecule has 1 heterocycles. The first-order valence-electron chi connectivity index (χ1n) is 7.32. The van der Waals surface area contributed by atoms with E-state index in [1.165, 1.54) is 0 Å². The summed E-state index contributed by atoms with van der Waals surface area (Å²) in [5.41, 5.74) is -0.526. The lowest BCUT2D eigenvalue weighted by Crippen LogP contribution is -2.41. The zero-order valence-electron chi connectivity index (χ0n) is 12.6. The van der Waals surface area contributed by atoms with Gasteiger partial charge in [0, 0.05) is 12.6 Å². The number of rotatable bonds is 4. The van der Waals surface area contributed by atoms with Crippen LogP contribution in [0, 0.1) is 16.9 Å². The monoisotopic (exact) mass is 280 g/mol. The standard InChI is InChI=1S/C15H24N2O3/c1-14(2,3)20-13(19)12-5-4-11(17(12)10-16)8-15(9-18)6-7-15/h11-12,18H,4-9H2,1-3H3. The third-order valence-electron chi connectivity index (χ3n) is 4.26. The van der Waals surface area contributed by atoms with E-state index in [1.807, 2.05) is 20.8 Å². The summed E-state index contributed by atoms with van der Waals surface area (Å²) in [6, 6.07) is -0.397. The molecule has 2 aliphatic rings. The molecule has 20 heavy (non-hydrogen) atoms. The van der Waals surface area contributed by atoms with Crippen LogP contribution in [-0.2, 0) is 9.53 Å². The van der Waals surface area contributed by atoms with Crippen molar-refractivity contribution in [2.45, 2.75) is 70.6 Å². The molecule has 1 saturated heterocycles. The molecule has 0 aromatic carbocycles. The second-order valence-electron chi connectivity index (χ2n) is 7.15. The van der Waals surface area contributed by atoms with Gasteiger partial charge in [-0.15, -0.1) is 0 Å². The van der Waals surface area contributed by atoms with Crippen molar-refractivity contribution in [3.8, 4) is 6.19 Å². The molecular weight excluding hydrogens is 256 g/mol. The lowest BCUT2D eigenvalue weighted by molar-refractivity contribution is -0.159. The molecule has 0 aromatic heterocycles. The van der Waals surface area contributed by atoms with Gasteiger partial charge in [0.05, 0.1) is 0 Å². The summed E-state index contributed by atoms with van der Waals surface area (Å²) in [5, 5.41) is 18.8. The smallest absolute Gasteiger partial charge is 0.330 e. The Kier molecular flexibility index (Phi) is 3.97. The maximum Gasteiger partial charge on any atom is 0.330 e. The predicted octanol–water partition coefficient (Wildman–Crippen LogP) is 1.80. The molecule has 2 rings (SSSR count). The van der Waals surface area contributed by atoms with Crippen LogP contribution in [0.1, 0.15) is 52.9 Å². The fourth-order valence-corrected chi connectivity index (χ4v) is 2.94. The van der Waals surface area contributed by atoms with E-state index in [9.17, 15) is 15.2 Å². The Labute approximate surface area is 120 Å². The fourth-order valence-electron chi connectivity index (χ4n) is 2.94. The summed E-state index contributed by atoms with van der Waals surface area (Å²) in [4.78, 5) is 13.7. The van der Waals surface area contributed by atoms with E-state index >= 15 is 0 Å². The van der Waals surface area contributed by atoms with Gasteiger partial charge in [-0.05, 0) is 58.3 Å². The maximum absolute atomic E-state index is 12.2. The van der Waals surface area contributed by atoms with Gasteiger partial charge in [-0.1, -0.05) is 0 Å². The second kappa shape index (κ2) is 5.25. The first-order valence-corrected chi connectivity index (χ1v) is 7.32. The number of aliphatic hydroxyl groups is 1. The Balaban J connectivity index is 1.99. The van der Waals surface area contributed by atoms with E-state index in [-0.39, 0.29) is 24.0 Å². The molecule has 5 nitrogen and oxygen atoms in total. The molecule has 0 aromatic rings. The number of esters is 1. The molecule has 1 aliphatic heterocycles. The van der Waals surface area contributed by atoms with Crippen LogP contribution in [0.2, 0.25) is 0 Å². The maximum atomic E-state index is 12.2. The van der Waals surface area contributed by atoms with Gasteiger partial charge in [-0.3, -0.25) is 4.90 Å². The highest BCUT2D eigenvalue weighted by molar-refractivity contribution is 5.77. The van der Waals surface area contributed by atoms with Gasteiger partial charge in [0.25, 0.3) is 0 Å². The third-order valence-corrected chi connectivity index (χ3v) is 4.26. The average Bonchev–Trinajstić information content (AvgIpc) is 2.99. The Morgan fingerprint density at radius 3 is 2.55 bits per heavy atom. The summed E-state index contributed by atoms with van der Waals surface area (Å²) >= 11 is 0. The molecule has 1 saturated carbocycles. The van der Waals surface area contributed by atoms with Gasteiger partial charge in [0.15, 0.2) is 6.19 Å². The van der Waals surface area contributed by atoms with Crippen LogP contribution >= 0.6 is 0 Å². The molecule has 5 heteroatoms. The highest BCUT2D eigenvalue weighted by Gasteiger charge is 2.48. The van der Waals surface area contributed by atoms with Crippen molar-refractivity contribution in [2.24, 2.45) is 5.41 Å². The molecule has 2 fully saturated rings. The van der Waals surface area contributed by atoms with E-state index in [1.54, 1.807) is 4.90 Å². The number of hydrogen-bond acceptors (Lipinski definition) is 5. The number of carbonyl (C=O) groups is 1. The summed E-state index contributed by atoms with van der Waals surface area (Å²) in [6.45, 7) is 5.68. The fraction of sp³-hybridized carbons (Fsp3) is 0.867. The van der Waals surface area contributed by atoms with Crippen molar-refractivity contribution in [3.63, 3.8) is 0 Å². The number of ether oxygens (including phenoxy) is 1. The average molecular weight is 280 g/mol. The highest BCUT2D eigenvalue weighted by Crippen LogP contribution is 2.51. The predicted molar refractivity (Wildman–Crippen MR) is 73.5 cm³/mol. The number of nitriles is 1. The number of likely N-dealkylation sites (tertiary alicyclic amines) is 1. The van der Waals surface area contributed by atoms with E-state index < -0.39 is 11.6 Å². The van der Waals surface area contributed by atoms with E-state index in [0.29, 0.717) is 6.42 Å². The number of aliphatic hydroxyl groups excluding tert-OH is 1. The highest BCUT2D eigenvalue weighted by atomic mass is 16.6. The normalized spacial score (nSPS) is 28.1. The molecule has 0 amide bonds. The van der Waals surface area contributed by atoms with Crippen LogP contribution in [0.25, 0.3) is 0 Å². The number of nitrogens with zero attached hydrogens (tertiary/aromatic N) is 2. The van der Waals surface area contributed by atoms with Gasteiger partial charge in [0.1, 0.15) is 11.6 Å². The lowest BCUT2D eigenvalue weighted by atomic mass is 9.96. The first-order chi connectivity index (χ1) is 9.30. The minimum Gasteiger partial charge on any atom is -0.458 e. The summed E-state index contributed by atoms with van der Waals surface area (Å²) < 4.78 is 5.39. The van der Waals surface area contributed by atoms with Crippen molar-refractivity contribution >= 4 is 5.97 Å². The molecule has 2 unspecified atom stereocenters. The molecule has 0 bridgehead atoms. The summed E-state index contributed by atoms with van der Waals surface area (Å²) in [7, 11) is 0. The van der Waals surface area contributed by atoms with Crippen molar-refractivity contribution < 1.29 is 14.6 Å². The Morgan fingerprint density at radius 2 is 2.10 bits per heavy atom. The molecule has 0 radical (unpaired) electrons. The zero-order valence-corrected chi connectivity index (χ0v) is 12.6. The van der Waals surface area contributed by atoms with Gasteiger partial charge in [-0.25, -0.2) is 4.79 Å². The van der Waals surface area contributed by atoms with Gasteiger partial charge >= 0.3 is 5.97 Å². The van der Waals surface area contributed by atoms with Gasteiger partial charge in [0.2, 0.25) is 0 Å². The van der Waals surface area contributed by atoms with Crippen LogP contribution in [-0.4, -0.2) is 40.3 Å². The van der Waals surface area contributed by atoms with E-state index in [4.69, 9.17) is 4.74 Å². The number of hydrogen-bond donors (Lipinski definition) is 1. The molecule has 2 atom stereocenters. The molecular formula is C15H24N2O3. The molecule has 1 aliphatic carbocycles. The largest absolute Gasteiger partial charge is 0.458 e. The van der Waals surface area contributed by atoms with Crippen LogP contribution in [0.15, 0.2) is 0 Å².